The van der Waals surface area contributed by atoms with Crippen molar-refractivity contribution in [3.63, 3.8) is 0 Å². The second kappa shape index (κ2) is 7.86. The first-order valence-electron chi connectivity index (χ1n) is 6.75. The van der Waals surface area contributed by atoms with Crippen LogP contribution in [0.1, 0.15) is 38.3 Å². The van der Waals surface area contributed by atoms with E-state index in [2.05, 4.69) is 29.8 Å². The summed E-state index contributed by atoms with van der Waals surface area (Å²) in [7, 11) is 3.16. The maximum Gasteiger partial charge on any atom is 0.161 e. The highest BCUT2D eigenvalue weighted by Gasteiger charge is 2.21. The number of aliphatic hydroxyl groups excluding tert-OH is 1. The molecule has 3 N–H and O–H groups in total. The summed E-state index contributed by atoms with van der Waals surface area (Å²) in [6.07, 6.45) is 1.05. The monoisotopic (exact) mass is 345 g/mol. The highest BCUT2D eigenvalue weighted by Crippen LogP contribution is 2.36. The fourth-order valence-electron chi connectivity index (χ4n) is 2.02. The molecule has 20 heavy (non-hydrogen) atoms. The first-order chi connectivity index (χ1) is 9.40. The maximum absolute atomic E-state index is 10.2. The van der Waals surface area contributed by atoms with E-state index in [1.54, 1.807) is 14.2 Å². The van der Waals surface area contributed by atoms with Gasteiger partial charge in [-0.05, 0) is 36.5 Å². The molecule has 0 saturated heterocycles. The summed E-state index contributed by atoms with van der Waals surface area (Å²) in [6, 6.07) is 3.16. The Morgan fingerprint density at radius 2 is 1.70 bits per heavy atom. The number of aliphatic hydroxyl groups is 1. The Hall–Kier alpha value is -0.780. The lowest BCUT2D eigenvalue weighted by atomic mass is 9.96. The van der Waals surface area contributed by atoms with Crippen LogP contribution in [-0.2, 0) is 0 Å². The normalized spacial score (nSPS) is 14.2. The van der Waals surface area contributed by atoms with E-state index in [0.29, 0.717) is 23.8 Å². The van der Waals surface area contributed by atoms with Gasteiger partial charge in [0, 0.05) is 4.47 Å². The van der Waals surface area contributed by atoms with Gasteiger partial charge in [0.05, 0.1) is 26.4 Å². The predicted molar refractivity (Wildman–Crippen MR) is 84.3 cm³/mol. The lowest BCUT2D eigenvalue weighted by Gasteiger charge is -2.22. The molecule has 0 aliphatic heterocycles. The third-order valence-corrected chi connectivity index (χ3v) is 4.00. The fraction of sp³-hybridized carbons (Fsp3) is 0.600. The van der Waals surface area contributed by atoms with E-state index in [0.717, 1.165) is 16.5 Å². The van der Waals surface area contributed by atoms with Crippen molar-refractivity contribution in [2.24, 2.45) is 11.7 Å². The van der Waals surface area contributed by atoms with Crippen LogP contribution >= 0.6 is 15.9 Å². The number of nitrogens with two attached hydrogens (primary N) is 1. The van der Waals surface area contributed by atoms with Gasteiger partial charge >= 0.3 is 0 Å². The molecule has 114 valence electrons. The number of hydrogen-bond acceptors (Lipinski definition) is 4. The highest BCUT2D eigenvalue weighted by molar-refractivity contribution is 9.10. The lowest BCUT2D eigenvalue weighted by Crippen LogP contribution is -2.27. The van der Waals surface area contributed by atoms with Crippen LogP contribution in [0.3, 0.4) is 0 Å². The number of methoxy groups -OCH3 is 2. The van der Waals surface area contributed by atoms with Crippen molar-refractivity contribution in [1.82, 2.24) is 0 Å². The number of halogens is 1. The van der Waals surface area contributed by atoms with Crippen molar-refractivity contribution >= 4 is 15.9 Å². The molecule has 1 aromatic carbocycles. The molecule has 0 aliphatic rings. The van der Waals surface area contributed by atoms with Gasteiger partial charge in [-0.25, -0.2) is 0 Å². The SMILES string of the molecule is COc1cc(Br)c([C@H](N)[C@H](O)CCC(C)C)cc1OC. The third-order valence-electron chi connectivity index (χ3n) is 3.32. The molecule has 0 aliphatic carbocycles. The molecule has 0 spiro atoms. The van der Waals surface area contributed by atoms with Gasteiger partial charge in [0.15, 0.2) is 11.5 Å². The van der Waals surface area contributed by atoms with Crippen LogP contribution in [0.5, 0.6) is 11.5 Å². The van der Waals surface area contributed by atoms with Crippen LogP contribution in [0.4, 0.5) is 0 Å². The minimum Gasteiger partial charge on any atom is -0.493 e. The second-order valence-electron chi connectivity index (χ2n) is 5.29. The number of hydrogen-bond donors (Lipinski definition) is 2. The summed E-state index contributed by atoms with van der Waals surface area (Å²) >= 11 is 3.47. The zero-order chi connectivity index (χ0) is 15.3. The van der Waals surface area contributed by atoms with E-state index in [1.165, 1.54) is 0 Å². The first kappa shape index (κ1) is 17.3. The minimum absolute atomic E-state index is 0.456. The Bertz CT molecular complexity index is 437. The summed E-state index contributed by atoms with van der Waals surface area (Å²) in [4.78, 5) is 0. The van der Waals surface area contributed by atoms with Gasteiger partial charge in [0.1, 0.15) is 0 Å². The van der Waals surface area contributed by atoms with E-state index < -0.39 is 12.1 Å². The van der Waals surface area contributed by atoms with Gasteiger partial charge in [0.2, 0.25) is 0 Å². The fourth-order valence-corrected chi connectivity index (χ4v) is 2.60. The van der Waals surface area contributed by atoms with E-state index in [-0.39, 0.29) is 0 Å². The third kappa shape index (κ3) is 4.36. The quantitative estimate of drug-likeness (QED) is 0.795. The van der Waals surface area contributed by atoms with Crippen LogP contribution < -0.4 is 15.2 Å². The van der Waals surface area contributed by atoms with Gasteiger partial charge in [-0.15, -0.1) is 0 Å². The van der Waals surface area contributed by atoms with E-state index in [9.17, 15) is 5.11 Å². The molecule has 5 heteroatoms. The molecular formula is C15H24BrNO3. The Balaban J connectivity index is 2.94. The van der Waals surface area contributed by atoms with Gasteiger partial charge in [-0.3, -0.25) is 0 Å². The molecule has 0 amide bonds. The molecule has 4 nitrogen and oxygen atoms in total. The molecule has 1 aromatic rings. The van der Waals surface area contributed by atoms with Crippen LogP contribution in [-0.4, -0.2) is 25.4 Å². The topological polar surface area (TPSA) is 64.7 Å². The van der Waals surface area contributed by atoms with E-state index in [4.69, 9.17) is 15.2 Å². The van der Waals surface area contributed by atoms with Gasteiger partial charge in [0.25, 0.3) is 0 Å². The molecule has 0 radical (unpaired) electrons. The van der Waals surface area contributed by atoms with Crippen molar-refractivity contribution in [2.45, 2.75) is 38.8 Å². The average molecular weight is 346 g/mol. The lowest BCUT2D eigenvalue weighted by molar-refractivity contribution is 0.128. The van der Waals surface area contributed by atoms with Gasteiger partial charge < -0.3 is 20.3 Å². The van der Waals surface area contributed by atoms with Gasteiger partial charge in [-0.1, -0.05) is 29.8 Å². The standard InChI is InChI=1S/C15H24BrNO3/c1-9(2)5-6-12(18)15(17)10-7-13(19-3)14(20-4)8-11(10)16/h7-9,12,15,18H,5-6,17H2,1-4H3/t12-,15+/m1/s1. The van der Waals surface area contributed by atoms with Gasteiger partial charge in [-0.2, -0.15) is 0 Å². The smallest absolute Gasteiger partial charge is 0.161 e. The van der Waals surface area contributed by atoms with Crippen molar-refractivity contribution in [3.05, 3.63) is 22.2 Å². The summed E-state index contributed by atoms with van der Waals surface area (Å²) in [6.45, 7) is 4.26. The Kier molecular flexibility index (Phi) is 6.79. The predicted octanol–water partition coefficient (Wildman–Crippen LogP) is 3.26. The van der Waals surface area contributed by atoms with Crippen molar-refractivity contribution < 1.29 is 14.6 Å². The van der Waals surface area contributed by atoms with Crippen molar-refractivity contribution in [2.75, 3.05) is 14.2 Å². The molecule has 0 saturated carbocycles. The van der Waals surface area contributed by atoms with E-state index >= 15 is 0 Å². The number of benzene rings is 1. The van der Waals surface area contributed by atoms with Crippen molar-refractivity contribution in [1.29, 1.82) is 0 Å². The molecule has 0 bridgehead atoms. The van der Waals surface area contributed by atoms with Crippen LogP contribution in [0.2, 0.25) is 0 Å². The molecule has 0 fully saturated rings. The van der Waals surface area contributed by atoms with Crippen molar-refractivity contribution in [3.8, 4) is 11.5 Å². The summed E-state index contributed by atoms with van der Waals surface area (Å²) in [5.41, 5.74) is 6.98. The molecular weight excluding hydrogens is 322 g/mol. The molecule has 0 aromatic heterocycles. The summed E-state index contributed by atoms with van der Waals surface area (Å²) in [5.74, 6) is 1.79. The zero-order valence-corrected chi connectivity index (χ0v) is 14.1. The average Bonchev–Trinajstić information content (AvgIpc) is 2.43. The molecule has 2 atom stereocenters. The largest absolute Gasteiger partial charge is 0.493 e. The van der Waals surface area contributed by atoms with Crippen LogP contribution in [0.15, 0.2) is 16.6 Å². The Morgan fingerprint density at radius 3 is 2.20 bits per heavy atom. The Labute approximate surface area is 129 Å². The first-order valence-corrected chi connectivity index (χ1v) is 7.55. The second-order valence-corrected chi connectivity index (χ2v) is 6.15. The molecule has 0 unspecified atom stereocenters. The molecule has 1 rings (SSSR count). The Morgan fingerprint density at radius 1 is 1.15 bits per heavy atom. The highest BCUT2D eigenvalue weighted by atomic mass is 79.9. The van der Waals surface area contributed by atoms with Crippen LogP contribution in [0.25, 0.3) is 0 Å². The maximum atomic E-state index is 10.2. The number of rotatable bonds is 7. The summed E-state index contributed by atoms with van der Waals surface area (Å²) < 4.78 is 11.3. The molecule has 0 heterocycles. The minimum atomic E-state index is -0.577. The van der Waals surface area contributed by atoms with E-state index in [1.807, 2.05) is 12.1 Å². The van der Waals surface area contributed by atoms with Crippen LogP contribution in [0, 0.1) is 5.92 Å². The zero-order valence-electron chi connectivity index (χ0n) is 12.5. The number of ether oxygens (including phenoxy) is 2. The summed E-state index contributed by atoms with van der Waals surface area (Å²) in [5, 5.41) is 10.2.